The van der Waals surface area contributed by atoms with Gasteiger partial charge in [0.05, 0.1) is 11.2 Å². The van der Waals surface area contributed by atoms with Gasteiger partial charge in [-0.15, -0.1) is 0 Å². The summed E-state index contributed by atoms with van der Waals surface area (Å²) in [6.45, 7) is 3.26. The van der Waals surface area contributed by atoms with E-state index in [2.05, 4.69) is 10.4 Å². The number of hydrogen-bond acceptors (Lipinski definition) is 3. The second kappa shape index (κ2) is 7.27. The molecular weight excluding hydrogens is 302 g/mol. The minimum Gasteiger partial charge on any atom is -0.480 e. The second-order valence-corrected chi connectivity index (χ2v) is 5.74. The van der Waals surface area contributed by atoms with Crippen LogP contribution in [0.2, 0.25) is 0 Å². The molecule has 0 aliphatic rings. The maximum absolute atomic E-state index is 11.6. The van der Waals surface area contributed by atoms with E-state index in [4.69, 9.17) is 0 Å². The average Bonchev–Trinajstić information content (AvgIpc) is 2.97. The molecular formula is C19H21N3O2. The average molecular weight is 323 g/mol. The molecule has 0 bridgehead atoms. The summed E-state index contributed by atoms with van der Waals surface area (Å²) < 4.78 is 1.94. The van der Waals surface area contributed by atoms with Crippen LogP contribution in [0.25, 0.3) is 10.9 Å². The number of para-hydroxylation sites is 1. The molecule has 0 unspecified atom stereocenters. The lowest BCUT2D eigenvalue weighted by Gasteiger charge is -2.14. The van der Waals surface area contributed by atoms with Crippen molar-refractivity contribution >= 4 is 16.9 Å². The van der Waals surface area contributed by atoms with E-state index < -0.39 is 12.0 Å². The normalized spacial score (nSPS) is 12.4. The Kier molecular flexibility index (Phi) is 4.91. The maximum Gasteiger partial charge on any atom is 0.321 e. The molecule has 24 heavy (non-hydrogen) atoms. The first-order chi connectivity index (χ1) is 11.7. The first-order valence-corrected chi connectivity index (χ1v) is 8.13. The Bertz CT molecular complexity index is 827. The quantitative estimate of drug-likeness (QED) is 0.701. The third-order valence-corrected chi connectivity index (χ3v) is 4.13. The number of aromatic nitrogens is 2. The van der Waals surface area contributed by atoms with Crippen molar-refractivity contribution in [2.75, 3.05) is 0 Å². The Morgan fingerprint density at radius 1 is 1.17 bits per heavy atom. The highest BCUT2D eigenvalue weighted by molar-refractivity contribution is 5.82. The molecule has 0 amide bonds. The van der Waals surface area contributed by atoms with Crippen LogP contribution in [0.3, 0.4) is 0 Å². The lowest BCUT2D eigenvalue weighted by Crippen LogP contribution is -2.38. The predicted octanol–water partition coefficient (Wildman–Crippen LogP) is 2.84. The topological polar surface area (TPSA) is 67.2 Å². The largest absolute Gasteiger partial charge is 0.480 e. The predicted molar refractivity (Wildman–Crippen MR) is 93.8 cm³/mol. The van der Waals surface area contributed by atoms with Crippen molar-refractivity contribution in [3.05, 3.63) is 65.9 Å². The minimum atomic E-state index is -0.849. The summed E-state index contributed by atoms with van der Waals surface area (Å²) in [5, 5.41) is 18.3. The first kappa shape index (κ1) is 16.2. The van der Waals surface area contributed by atoms with Gasteiger partial charge in [0.25, 0.3) is 0 Å². The van der Waals surface area contributed by atoms with Crippen LogP contribution in [-0.2, 0) is 24.3 Å². The second-order valence-electron chi connectivity index (χ2n) is 5.74. The standard InChI is InChI=1S/C19H21N3O2/c1-2-22-18-11-7-6-10-15(18)17(21-22)13-20-16(19(23)24)12-14-8-4-3-5-9-14/h3-11,16,20H,2,12-13H2,1H3,(H,23,24)/t16-/m1/s1. The van der Waals surface area contributed by atoms with Crippen molar-refractivity contribution in [3.63, 3.8) is 0 Å². The number of hydrogen-bond donors (Lipinski definition) is 2. The van der Waals surface area contributed by atoms with Gasteiger partial charge < -0.3 is 5.11 Å². The number of aryl methyl sites for hydroxylation is 1. The van der Waals surface area contributed by atoms with E-state index in [0.717, 1.165) is 28.7 Å². The number of aliphatic carboxylic acids is 1. The zero-order valence-electron chi connectivity index (χ0n) is 13.6. The summed E-state index contributed by atoms with van der Waals surface area (Å²) in [6.07, 6.45) is 0.447. The molecule has 5 heteroatoms. The molecule has 5 nitrogen and oxygen atoms in total. The number of fused-ring (bicyclic) bond motifs is 1. The summed E-state index contributed by atoms with van der Waals surface area (Å²) >= 11 is 0. The van der Waals surface area contributed by atoms with E-state index >= 15 is 0 Å². The summed E-state index contributed by atoms with van der Waals surface area (Å²) in [4.78, 5) is 11.6. The molecule has 2 N–H and O–H groups in total. The first-order valence-electron chi connectivity index (χ1n) is 8.13. The van der Waals surface area contributed by atoms with Crippen molar-refractivity contribution in [1.82, 2.24) is 15.1 Å². The van der Waals surface area contributed by atoms with Crippen molar-refractivity contribution < 1.29 is 9.90 Å². The van der Waals surface area contributed by atoms with E-state index in [1.165, 1.54) is 0 Å². The summed E-state index contributed by atoms with van der Waals surface area (Å²) in [5.41, 5.74) is 2.96. The van der Waals surface area contributed by atoms with Crippen molar-refractivity contribution in [3.8, 4) is 0 Å². The van der Waals surface area contributed by atoms with Gasteiger partial charge in [-0.2, -0.15) is 5.10 Å². The zero-order chi connectivity index (χ0) is 16.9. The van der Waals surface area contributed by atoms with E-state index in [1.807, 2.05) is 66.2 Å². The Morgan fingerprint density at radius 2 is 1.88 bits per heavy atom. The van der Waals surface area contributed by atoms with E-state index in [-0.39, 0.29) is 0 Å². The van der Waals surface area contributed by atoms with E-state index in [0.29, 0.717) is 13.0 Å². The fourth-order valence-electron chi connectivity index (χ4n) is 2.88. The van der Waals surface area contributed by atoms with Gasteiger partial charge >= 0.3 is 5.97 Å². The summed E-state index contributed by atoms with van der Waals surface area (Å²) in [5.74, 6) is -0.849. The Hall–Kier alpha value is -2.66. The van der Waals surface area contributed by atoms with Crippen LogP contribution >= 0.6 is 0 Å². The minimum absolute atomic E-state index is 0.428. The number of nitrogens with one attached hydrogen (secondary N) is 1. The third-order valence-electron chi connectivity index (χ3n) is 4.13. The molecule has 2 aromatic carbocycles. The Balaban J connectivity index is 1.77. The lowest BCUT2D eigenvalue weighted by atomic mass is 10.1. The van der Waals surface area contributed by atoms with Crippen molar-refractivity contribution in [2.45, 2.75) is 32.5 Å². The molecule has 0 radical (unpaired) electrons. The Labute approximate surface area is 140 Å². The summed E-state index contributed by atoms with van der Waals surface area (Å²) in [6, 6.07) is 17.0. The van der Waals surface area contributed by atoms with Crippen LogP contribution in [0.4, 0.5) is 0 Å². The highest BCUT2D eigenvalue weighted by Crippen LogP contribution is 2.18. The van der Waals surface area contributed by atoms with Crippen LogP contribution in [0.15, 0.2) is 54.6 Å². The van der Waals surface area contributed by atoms with Gasteiger partial charge in [0.1, 0.15) is 6.04 Å². The molecule has 1 heterocycles. The van der Waals surface area contributed by atoms with Gasteiger partial charge in [-0.1, -0.05) is 48.5 Å². The van der Waals surface area contributed by atoms with Gasteiger partial charge in [-0.25, -0.2) is 0 Å². The van der Waals surface area contributed by atoms with Crippen molar-refractivity contribution in [2.24, 2.45) is 0 Å². The third kappa shape index (κ3) is 3.46. The summed E-state index contributed by atoms with van der Waals surface area (Å²) in [7, 11) is 0. The molecule has 1 aromatic heterocycles. The van der Waals surface area contributed by atoms with Crippen LogP contribution in [-0.4, -0.2) is 26.9 Å². The number of rotatable bonds is 7. The molecule has 0 saturated heterocycles. The number of carbonyl (C=O) groups is 1. The molecule has 0 spiro atoms. The molecule has 124 valence electrons. The molecule has 3 aromatic rings. The molecule has 0 aliphatic carbocycles. The SMILES string of the molecule is CCn1nc(CN[C@H](Cc2ccccc2)C(=O)O)c2ccccc21. The highest BCUT2D eigenvalue weighted by Gasteiger charge is 2.18. The Morgan fingerprint density at radius 3 is 2.58 bits per heavy atom. The van der Waals surface area contributed by atoms with E-state index in [9.17, 15) is 9.90 Å². The van der Waals surface area contributed by atoms with Gasteiger partial charge in [0.15, 0.2) is 0 Å². The van der Waals surface area contributed by atoms with Crippen LogP contribution in [0.5, 0.6) is 0 Å². The van der Waals surface area contributed by atoms with Crippen molar-refractivity contribution in [1.29, 1.82) is 0 Å². The molecule has 0 fully saturated rings. The molecule has 3 rings (SSSR count). The highest BCUT2D eigenvalue weighted by atomic mass is 16.4. The maximum atomic E-state index is 11.6. The number of carboxylic acids is 1. The molecule has 0 aliphatic heterocycles. The fourth-order valence-corrected chi connectivity index (χ4v) is 2.88. The van der Waals surface area contributed by atoms with Gasteiger partial charge in [-0.05, 0) is 25.0 Å². The molecule has 1 atom stereocenters. The number of benzene rings is 2. The monoisotopic (exact) mass is 323 g/mol. The zero-order valence-corrected chi connectivity index (χ0v) is 13.6. The van der Waals surface area contributed by atoms with Crippen LogP contribution < -0.4 is 5.32 Å². The fraction of sp³-hybridized carbons (Fsp3) is 0.263. The van der Waals surface area contributed by atoms with Crippen LogP contribution in [0.1, 0.15) is 18.2 Å². The van der Waals surface area contributed by atoms with E-state index in [1.54, 1.807) is 0 Å². The smallest absolute Gasteiger partial charge is 0.321 e. The molecule has 0 saturated carbocycles. The van der Waals surface area contributed by atoms with Gasteiger partial charge in [0.2, 0.25) is 0 Å². The van der Waals surface area contributed by atoms with Gasteiger partial charge in [0, 0.05) is 18.5 Å². The lowest BCUT2D eigenvalue weighted by molar-refractivity contribution is -0.139. The number of carboxylic acid groups (broad SMARTS) is 1. The van der Waals surface area contributed by atoms with Gasteiger partial charge in [-0.3, -0.25) is 14.8 Å². The number of nitrogens with zero attached hydrogens (tertiary/aromatic N) is 2. The van der Waals surface area contributed by atoms with Crippen LogP contribution in [0, 0.1) is 0 Å².